The molecule has 0 unspecified atom stereocenters. The Bertz CT molecular complexity index is 728. The maximum Gasteiger partial charge on any atom is 0.243 e. The van der Waals surface area contributed by atoms with Gasteiger partial charge in [0.25, 0.3) is 0 Å². The molecule has 0 atom stereocenters. The Morgan fingerprint density at radius 2 is 1.76 bits per heavy atom. The third kappa shape index (κ3) is 6.41. The van der Waals surface area contributed by atoms with E-state index in [1.165, 1.54) is 16.4 Å². The van der Waals surface area contributed by atoms with Crippen molar-refractivity contribution in [3.8, 4) is 5.75 Å². The van der Waals surface area contributed by atoms with Gasteiger partial charge in [-0.3, -0.25) is 0 Å². The quantitative estimate of drug-likeness (QED) is 0.715. The first-order valence-corrected chi connectivity index (χ1v) is 11.3. The number of halogens is 1. The second-order valence-corrected chi connectivity index (χ2v) is 9.97. The minimum atomic E-state index is -3.51. The minimum absolute atomic E-state index is 0. The first-order valence-electron chi connectivity index (χ1n) is 7.99. The van der Waals surface area contributed by atoms with E-state index in [0.717, 1.165) is 13.0 Å². The number of hydrogen-bond acceptors (Lipinski definition) is 6. The van der Waals surface area contributed by atoms with E-state index >= 15 is 0 Å². The highest BCUT2D eigenvalue weighted by Gasteiger charge is 2.24. The zero-order chi connectivity index (χ0) is 17.6. The molecule has 25 heavy (non-hydrogen) atoms. The van der Waals surface area contributed by atoms with Crippen molar-refractivity contribution < 1.29 is 21.6 Å². The van der Waals surface area contributed by atoms with E-state index in [1.54, 1.807) is 19.1 Å². The van der Waals surface area contributed by atoms with Gasteiger partial charge in [-0.2, -0.15) is 4.31 Å². The van der Waals surface area contributed by atoms with Gasteiger partial charge in [-0.05, 0) is 37.2 Å². The van der Waals surface area contributed by atoms with Crippen LogP contribution in [0.1, 0.15) is 13.3 Å². The van der Waals surface area contributed by atoms with Gasteiger partial charge in [-0.1, -0.05) is 6.92 Å². The van der Waals surface area contributed by atoms with Crippen molar-refractivity contribution in [2.75, 3.05) is 44.3 Å². The van der Waals surface area contributed by atoms with Crippen LogP contribution >= 0.6 is 12.4 Å². The normalized spacial score (nSPS) is 16.7. The van der Waals surface area contributed by atoms with Gasteiger partial charge in [0.05, 0.1) is 10.6 Å². The Kier molecular flexibility index (Phi) is 8.62. The summed E-state index contributed by atoms with van der Waals surface area (Å²) in [6, 6.07) is 6.11. The molecule has 1 aromatic carbocycles. The van der Waals surface area contributed by atoms with Gasteiger partial charge in [0.2, 0.25) is 10.0 Å². The Balaban J connectivity index is 0.00000312. The number of nitrogens with one attached hydrogen (secondary N) is 1. The molecule has 1 heterocycles. The van der Waals surface area contributed by atoms with Gasteiger partial charge >= 0.3 is 0 Å². The summed E-state index contributed by atoms with van der Waals surface area (Å²) in [5.74, 6) is 0.487. The Morgan fingerprint density at radius 3 is 2.40 bits per heavy atom. The molecule has 1 N–H and O–H groups in total. The van der Waals surface area contributed by atoms with Gasteiger partial charge in [-0.15, -0.1) is 12.4 Å². The lowest BCUT2D eigenvalue weighted by atomic mass is 10.3. The van der Waals surface area contributed by atoms with Crippen LogP contribution in [0.4, 0.5) is 0 Å². The second-order valence-electron chi connectivity index (χ2n) is 5.56. The summed E-state index contributed by atoms with van der Waals surface area (Å²) in [6.07, 6.45) is 0.784. The highest BCUT2D eigenvalue weighted by molar-refractivity contribution is 7.91. The van der Waals surface area contributed by atoms with E-state index in [0.29, 0.717) is 25.4 Å². The molecule has 0 aromatic heterocycles. The summed E-state index contributed by atoms with van der Waals surface area (Å²) < 4.78 is 54.9. The number of rotatable bonds is 7. The van der Waals surface area contributed by atoms with Crippen molar-refractivity contribution >= 4 is 32.3 Å². The van der Waals surface area contributed by atoms with Gasteiger partial charge < -0.3 is 10.1 Å². The Morgan fingerprint density at radius 1 is 1.08 bits per heavy atom. The van der Waals surface area contributed by atoms with Gasteiger partial charge in [0.1, 0.15) is 12.4 Å². The smallest absolute Gasteiger partial charge is 0.243 e. The molecule has 1 aliphatic rings. The van der Waals surface area contributed by atoms with Crippen LogP contribution in [-0.4, -0.2) is 65.4 Å². The number of nitrogens with zero attached hydrogens (tertiary/aromatic N) is 1. The fraction of sp³-hybridized carbons (Fsp3) is 0.600. The summed E-state index contributed by atoms with van der Waals surface area (Å²) in [4.78, 5) is 0.220. The first-order chi connectivity index (χ1) is 11.3. The number of sulfonamides is 1. The Hall–Kier alpha value is -0.870. The average molecular weight is 413 g/mol. The lowest BCUT2D eigenvalue weighted by Crippen LogP contribution is -2.34. The lowest BCUT2D eigenvalue weighted by Gasteiger charge is -2.19. The van der Waals surface area contributed by atoms with Crippen LogP contribution in [0.2, 0.25) is 0 Å². The predicted molar refractivity (Wildman–Crippen MR) is 99.8 cm³/mol. The van der Waals surface area contributed by atoms with Crippen molar-refractivity contribution in [2.45, 2.75) is 18.2 Å². The Labute approximate surface area is 156 Å². The third-order valence-electron chi connectivity index (χ3n) is 3.86. The van der Waals surface area contributed by atoms with E-state index in [2.05, 4.69) is 5.32 Å². The molecule has 1 saturated heterocycles. The molecule has 0 radical (unpaired) electrons. The van der Waals surface area contributed by atoms with E-state index < -0.39 is 19.9 Å². The van der Waals surface area contributed by atoms with E-state index in [-0.39, 0.29) is 35.4 Å². The van der Waals surface area contributed by atoms with Gasteiger partial charge in [0, 0.05) is 25.4 Å². The van der Waals surface area contributed by atoms with Crippen LogP contribution in [-0.2, 0) is 19.9 Å². The summed E-state index contributed by atoms with van der Waals surface area (Å²) in [7, 11) is -6.58. The van der Waals surface area contributed by atoms with Crippen molar-refractivity contribution in [1.82, 2.24) is 9.62 Å². The molecule has 0 bridgehead atoms. The molecule has 10 heteroatoms. The molecule has 0 saturated carbocycles. The second kappa shape index (κ2) is 9.72. The molecule has 2 rings (SSSR count). The SMILES string of the molecule is CCS(=O)(=O)CCOc1ccc(S(=O)(=O)N2CCCNCC2)cc1.Cl. The number of sulfone groups is 1. The molecular weight excluding hydrogens is 388 g/mol. The van der Waals surface area contributed by atoms with Crippen molar-refractivity contribution in [2.24, 2.45) is 0 Å². The van der Waals surface area contributed by atoms with E-state index in [9.17, 15) is 16.8 Å². The zero-order valence-corrected chi connectivity index (χ0v) is 16.6. The standard InChI is InChI=1S/C15H24N2O5S2.ClH/c1-2-23(18,19)13-12-22-14-4-6-15(7-5-14)24(20,21)17-10-3-8-16-9-11-17;/h4-7,16H,2-3,8-13H2,1H3;1H. The number of ether oxygens (including phenoxy) is 1. The topological polar surface area (TPSA) is 92.8 Å². The van der Waals surface area contributed by atoms with Crippen molar-refractivity contribution in [3.63, 3.8) is 0 Å². The van der Waals surface area contributed by atoms with Crippen LogP contribution in [0.15, 0.2) is 29.2 Å². The van der Waals surface area contributed by atoms with Crippen molar-refractivity contribution in [1.29, 1.82) is 0 Å². The number of hydrogen-bond donors (Lipinski definition) is 1. The van der Waals surface area contributed by atoms with Crippen LogP contribution in [0, 0.1) is 0 Å². The summed E-state index contributed by atoms with van der Waals surface area (Å²) in [5.41, 5.74) is 0. The van der Waals surface area contributed by atoms with Crippen molar-refractivity contribution in [3.05, 3.63) is 24.3 Å². The highest BCUT2D eigenvalue weighted by atomic mass is 35.5. The largest absolute Gasteiger partial charge is 0.493 e. The van der Waals surface area contributed by atoms with Crippen LogP contribution in [0.5, 0.6) is 5.75 Å². The first kappa shape index (κ1) is 22.2. The fourth-order valence-electron chi connectivity index (χ4n) is 2.35. The monoisotopic (exact) mass is 412 g/mol. The van der Waals surface area contributed by atoms with Gasteiger partial charge in [-0.25, -0.2) is 16.8 Å². The molecule has 0 amide bonds. The van der Waals surface area contributed by atoms with Crippen LogP contribution in [0.3, 0.4) is 0 Å². The molecule has 1 aliphatic heterocycles. The molecule has 1 fully saturated rings. The predicted octanol–water partition coefficient (Wildman–Crippen LogP) is 0.906. The number of benzene rings is 1. The zero-order valence-electron chi connectivity index (χ0n) is 14.2. The fourth-order valence-corrected chi connectivity index (χ4v) is 4.45. The highest BCUT2D eigenvalue weighted by Crippen LogP contribution is 2.20. The maximum absolute atomic E-state index is 12.6. The minimum Gasteiger partial charge on any atom is -0.493 e. The lowest BCUT2D eigenvalue weighted by molar-refractivity contribution is 0.340. The molecule has 144 valence electrons. The summed E-state index contributed by atoms with van der Waals surface area (Å²) >= 11 is 0. The molecule has 0 aliphatic carbocycles. The van der Waals surface area contributed by atoms with E-state index in [1.807, 2.05) is 0 Å². The molecule has 7 nitrogen and oxygen atoms in total. The molecular formula is C15H25ClN2O5S2. The molecule has 0 spiro atoms. The third-order valence-corrected chi connectivity index (χ3v) is 7.44. The summed E-state index contributed by atoms with van der Waals surface area (Å²) in [5, 5.41) is 3.17. The average Bonchev–Trinajstić information content (AvgIpc) is 2.85. The van der Waals surface area contributed by atoms with Crippen LogP contribution < -0.4 is 10.1 Å². The summed E-state index contributed by atoms with van der Waals surface area (Å²) in [6.45, 7) is 4.07. The molecule has 1 aromatic rings. The van der Waals surface area contributed by atoms with Gasteiger partial charge in [0.15, 0.2) is 9.84 Å². The maximum atomic E-state index is 12.6. The van der Waals surface area contributed by atoms with E-state index in [4.69, 9.17) is 4.74 Å². The van der Waals surface area contributed by atoms with Crippen LogP contribution in [0.25, 0.3) is 0 Å².